The van der Waals surface area contributed by atoms with Gasteiger partial charge in [-0.05, 0) is 30.5 Å². The van der Waals surface area contributed by atoms with Gasteiger partial charge in [-0.15, -0.1) is 0 Å². The van der Waals surface area contributed by atoms with Crippen LogP contribution in [0.4, 0.5) is 5.69 Å². The molecule has 0 radical (unpaired) electrons. The molecular formula is C11H15ClN2O2. The SMILES string of the molecule is COC(=O)[C@@H](N)Cc1ccc(N)c(C)c1Cl. The summed E-state index contributed by atoms with van der Waals surface area (Å²) < 4.78 is 4.55. The predicted octanol–water partition coefficient (Wildman–Crippen LogP) is 1.27. The molecule has 5 heteroatoms. The highest BCUT2D eigenvalue weighted by Crippen LogP contribution is 2.26. The first-order valence-electron chi connectivity index (χ1n) is 4.84. The van der Waals surface area contributed by atoms with Crippen molar-refractivity contribution in [1.29, 1.82) is 0 Å². The van der Waals surface area contributed by atoms with E-state index in [4.69, 9.17) is 23.1 Å². The van der Waals surface area contributed by atoms with E-state index in [2.05, 4.69) is 4.74 Å². The number of rotatable bonds is 3. The van der Waals surface area contributed by atoms with E-state index in [1.165, 1.54) is 7.11 Å². The van der Waals surface area contributed by atoms with Gasteiger partial charge in [0.2, 0.25) is 0 Å². The molecule has 1 aromatic carbocycles. The van der Waals surface area contributed by atoms with Crippen molar-refractivity contribution in [3.63, 3.8) is 0 Å². The fourth-order valence-corrected chi connectivity index (χ4v) is 1.63. The average molecular weight is 243 g/mol. The minimum atomic E-state index is -0.703. The number of anilines is 1. The van der Waals surface area contributed by atoms with Gasteiger partial charge in [0.15, 0.2) is 0 Å². The third-order valence-corrected chi connectivity index (χ3v) is 2.98. The van der Waals surface area contributed by atoms with Crippen LogP contribution >= 0.6 is 11.6 Å². The fourth-order valence-electron chi connectivity index (χ4n) is 1.39. The number of hydrogen-bond donors (Lipinski definition) is 2. The van der Waals surface area contributed by atoms with Gasteiger partial charge < -0.3 is 16.2 Å². The molecule has 1 rings (SSSR count). The lowest BCUT2D eigenvalue weighted by atomic mass is 10.0. The molecule has 0 saturated heterocycles. The molecule has 4 N–H and O–H groups in total. The van der Waals surface area contributed by atoms with Crippen molar-refractivity contribution < 1.29 is 9.53 Å². The predicted molar refractivity (Wildman–Crippen MR) is 64.3 cm³/mol. The summed E-state index contributed by atoms with van der Waals surface area (Å²) in [7, 11) is 1.30. The molecule has 1 atom stereocenters. The van der Waals surface area contributed by atoms with Crippen LogP contribution in [0.3, 0.4) is 0 Å². The molecular weight excluding hydrogens is 228 g/mol. The van der Waals surface area contributed by atoms with Crippen molar-refractivity contribution >= 4 is 23.3 Å². The van der Waals surface area contributed by atoms with Crippen LogP contribution in [0.5, 0.6) is 0 Å². The molecule has 4 nitrogen and oxygen atoms in total. The normalized spacial score (nSPS) is 12.2. The minimum Gasteiger partial charge on any atom is -0.468 e. The second-order valence-corrected chi connectivity index (χ2v) is 3.96. The Bertz CT molecular complexity index is 407. The number of methoxy groups -OCH3 is 1. The molecule has 0 aliphatic heterocycles. The molecule has 88 valence electrons. The van der Waals surface area contributed by atoms with Crippen LogP contribution in [-0.2, 0) is 16.0 Å². The Hall–Kier alpha value is -1.26. The van der Waals surface area contributed by atoms with E-state index in [0.717, 1.165) is 11.1 Å². The number of esters is 1. The largest absolute Gasteiger partial charge is 0.468 e. The van der Waals surface area contributed by atoms with Crippen LogP contribution in [0.25, 0.3) is 0 Å². The summed E-state index contributed by atoms with van der Waals surface area (Å²) in [6.07, 6.45) is 0.340. The summed E-state index contributed by atoms with van der Waals surface area (Å²) in [4.78, 5) is 11.2. The smallest absolute Gasteiger partial charge is 0.322 e. The number of benzene rings is 1. The second kappa shape index (κ2) is 5.18. The molecule has 16 heavy (non-hydrogen) atoms. The van der Waals surface area contributed by atoms with Gasteiger partial charge in [-0.3, -0.25) is 4.79 Å². The van der Waals surface area contributed by atoms with Gasteiger partial charge in [0, 0.05) is 10.7 Å². The van der Waals surface area contributed by atoms with E-state index in [-0.39, 0.29) is 0 Å². The highest BCUT2D eigenvalue weighted by molar-refractivity contribution is 6.32. The van der Waals surface area contributed by atoms with Gasteiger partial charge in [0.05, 0.1) is 7.11 Å². The third kappa shape index (κ3) is 2.65. The zero-order valence-electron chi connectivity index (χ0n) is 9.29. The number of hydrogen-bond acceptors (Lipinski definition) is 4. The molecule has 0 spiro atoms. The summed E-state index contributed by atoms with van der Waals surface area (Å²) in [6.45, 7) is 1.82. The van der Waals surface area contributed by atoms with Crippen LogP contribution < -0.4 is 11.5 Å². The first-order chi connectivity index (χ1) is 7.47. The van der Waals surface area contributed by atoms with Crippen LogP contribution in [-0.4, -0.2) is 19.1 Å². The summed E-state index contributed by atoms with van der Waals surface area (Å²) in [5.41, 5.74) is 13.6. The summed E-state index contributed by atoms with van der Waals surface area (Å²) in [5, 5.41) is 0.555. The standard InChI is InChI=1S/C11H15ClN2O2/c1-6-8(13)4-3-7(10(6)12)5-9(14)11(15)16-2/h3-4,9H,5,13-14H2,1-2H3/t9-/m0/s1. The van der Waals surface area contributed by atoms with Crippen LogP contribution in [0.15, 0.2) is 12.1 Å². The molecule has 0 aliphatic carbocycles. The van der Waals surface area contributed by atoms with E-state index in [1.807, 2.05) is 6.92 Å². The zero-order chi connectivity index (χ0) is 12.3. The summed E-state index contributed by atoms with van der Waals surface area (Å²) in [6, 6.07) is 2.82. The molecule has 0 saturated carbocycles. The molecule has 0 amide bonds. The van der Waals surface area contributed by atoms with Gasteiger partial charge in [-0.1, -0.05) is 17.7 Å². The quantitative estimate of drug-likeness (QED) is 0.618. The van der Waals surface area contributed by atoms with E-state index < -0.39 is 12.0 Å². The van der Waals surface area contributed by atoms with Crippen molar-refractivity contribution in [2.24, 2.45) is 5.73 Å². The zero-order valence-corrected chi connectivity index (χ0v) is 10.0. The Kier molecular flexibility index (Phi) is 4.15. The molecule has 0 aromatic heterocycles. The number of carbonyl (C=O) groups is 1. The second-order valence-electron chi connectivity index (χ2n) is 3.59. The Labute approximate surface area is 99.5 Å². The summed E-state index contributed by atoms with van der Waals surface area (Å²) >= 11 is 6.10. The molecule has 0 unspecified atom stereocenters. The Morgan fingerprint density at radius 2 is 2.19 bits per heavy atom. The van der Waals surface area contributed by atoms with E-state index in [1.54, 1.807) is 12.1 Å². The Morgan fingerprint density at radius 3 is 2.75 bits per heavy atom. The highest BCUT2D eigenvalue weighted by Gasteiger charge is 2.16. The van der Waals surface area contributed by atoms with E-state index >= 15 is 0 Å². The monoisotopic (exact) mass is 242 g/mol. The topological polar surface area (TPSA) is 78.3 Å². The maximum Gasteiger partial charge on any atom is 0.322 e. The molecule has 0 bridgehead atoms. The molecule has 0 fully saturated rings. The molecule has 0 heterocycles. The first kappa shape index (κ1) is 12.8. The van der Waals surface area contributed by atoms with Crippen molar-refractivity contribution in [1.82, 2.24) is 0 Å². The van der Waals surface area contributed by atoms with E-state index in [9.17, 15) is 4.79 Å². The fraction of sp³-hybridized carbons (Fsp3) is 0.364. The molecule has 0 aliphatic rings. The Balaban J connectivity index is 2.90. The van der Waals surface area contributed by atoms with Crippen LogP contribution in [0, 0.1) is 6.92 Å². The van der Waals surface area contributed by atoms with Crippen molar-refractivity contribution in [2.75, 3.05) is 12.8 Å². The van der Waals surface area contributed by atoms with Gasteiger partial charge in [0.25, 0.3) is 0 Å². The van der Waals surface area contributed by atoms with Crippen molar-refractivity contribution in [3.05, 3.63) is 28.3 Å². The third-order valence-electron chi connectivity index (χ3n) is 2.45. The number of ether oxygens (including phenoxy) is 1. The van der Waals surface area contributed by atoms with Crippen LogP contribution in [0.2, 0.25) is 5.02 Å². The van der Waals surface area contributed by atoms with Crippen LogP contribution in [0.1, 0.15) is 11.1 Å². The number of nitrogen functional groups attached to an aromatic ring is 1. The Morgan fingerprint density at radius 1 is 1.56 bits per heavy atom. The van der Waals surface area contributed by atoms with Gasteiger partial charge in [-0.2, -0.15) is 0 Å². The molecule has 1 aromatic rings. The lowest BCUT2D eigenvalue weighted by Gasteiger charge is -2.12. The van der Waals surface area contributed by atoms with E-state index in [0.29, 0.717) is 17.1 Å². The average Bonchev–Trinajstić information content (AvgIpc) is 2.28. The lowest BCUT2D eigenvalue weighted by Crippen LogP contribution is -2.33. The lowest BCUT2D eigenvalue weighted by molar-refractivity contribution is -0.142. The number of halogens is 1. The first-order valence-corrected chi connectivity index (χ1v) is 5.22. The van der Waals surface area contributed by atoms with Gasteiger partial charge >= 0.3 is 5.97 Å². The summed E-state index contributed by atoms with van der Waals surface area (Å²) in [5.74, 6) is -0.453. The van der Waals surface area contributed by atoms with Gasteiger partial charge in [-0.25, -0.2) is 0 Å². The maximum atomic E-state index is 11.2. The number of carbonyl (C=O) groups excluding carboxylic acids is 1. The number of nitrogens with two attached hydrogens (primary N) is 2. The minimum absolute atomic E-state index is 0.340. The highest BCUT2D eigenvalue weighted by atomic mass is 35.5. The van der Waals surface area contributed by atoms with Gasteiger partial charge in [0.1, 0.15) is 6.04 Å². The van der Waals surface area contributed by atoms with Crippen molar-refractivity contribution in [2.45, 2.75) is 19.4 Å². The maximum absolute atomic E-state index is 11.2. The van der Waals surface area contributed by atoms with Crippen molar-refractivity contribution in [3.8, 4) is 0 Å².